The van der Waals surface area contributed by atoms with Crippen molar-refractivity contribution in [3.8, 4) is 0 Å². The van der Waals surface area contributed by atoms with E-state index in [1.54, 1.807) is 0 Å². The fourth-order valence-corrected chi connectivity index (χ4v) is 3.02. The maximum atomic E-state index is 12.3. The lowest BCUT2D eigenvalue weighted by molar-refractivity contribution is -0.128. The highest BCUT2D eigenvalue weighted by molar-refractivity contribution is 5.97. The predicted molar refractivity (Wildman–Crippen MR) is 87.0 cm³/mol. The average molecular weight is 317 g/mol. The van der Waals surface area contributed by atoms with Gasteiger partial charge in [0.15, 0.2) is 0 Å². The van der Waals surface area contributed by atoms with Crippen LogP contribution in [0.2, 0.25) is 0 Å². The second kappa shape index (κ2) is 7.57. The third-order valence-electron chi connectivity index (χ3n) is 4.42. The van der Waals surface area contributed by atoms with Crippen LogP contribution >= 0.6 is 0 Å². The lowest BCUT2D eigenvalue weighted by atomic mass is 10.1. The number of anilines is 1. The number of nitrogens with one attached hydrogen (secondary N) is 1. The summed E-state index contributed by atoms with van der Waals surface area (Å²) in [4.78, 5) is 28.5. The van der Waals surface area contributed by atoms with Crippen LogP contribution in [0, 0.1) is 5.92 Å². The van der Waals surface area contributed by atoms with Crippen molar-refractivity contribution < 1.29 is 14.3 Å². The van der Waals surface area contributed by atoms with Gasteiger partial charge in [0.25, 0.3) is 0 Å². The Morgan fingerprint density at radius 3 is 2.65 bits per heavy atom. The molecule has 1 N–H and O–H groups in total. The normalized spacial score (nSPS) is 22.3. The number of amides is 2. The van der Waals surface area contributed by atoms with Crippen molar-refractivity contribution in [1.29, 1.82) is 0 Å². The van der Waals surface area contributed by atoms with Gasteiger partial charge in [0.1, 0.15) is 0 Å². The molecule has 6 nitrogen and oxygen atoms in total. The van der Waals surface area contributed by atoms with Gasteiger partial charge in [0.2, 0.25) is 11.8 Å². The fraction of sp³-hybridized carbons (Fsp3) is 0.529. The summed E-state index contributed by atoms with van der Waals surface area (Å²) in [6.45, 7) is 5.41. The molecule has 3 rings (SSSR count). The third-order valence-corrected chi connectivity index (χ3v) is 4.42. The second-order valence-corrected chi connectivity index (χ2v) is 6.05. The van der Waals surface area contributed by atoms with E-state index in [1.807, 2.05) is 35.2 Å². The molecule has 0 spiro atoms. The Balaban J connectivity index is 1.47. The summed E-state index contributed by atoms with van der Waals surface area (Å²) in [6.07, 6.45) is 0.307. The van der Waals surface area contributed by atoms with Gasteiger partial charge in [-0.1, -0.05) is 18.2 Å². The molecular formula is C17H23N3O3. The number of para-hydroxylation sites is 1. The zero-order chi connectivity index (χ0) is 16.1. The van der Waals surface area contributed by atoms with Crippen molar-refractivity contribution >= 4 is 17.5 Å². The Hall–Kier alpha value is -1.92. The van der Waals surface area contributed by atoms with Gasteiger partial charge >= 0.3 is 0 Å². The standard InChI is InChI=1S/C17H23N3O3/c21-16-12-14(17(22)18-15-4-2-1-3-5-15)13-20(16)7-6-19-8-10-23-11-9-19/h1-5,14H,6-13H2,(H,18,22). The minimum absolute atomic E-state index is 0.0709. The molecular weight excluding hydrogens is 294 g/mol. The zero-order valence-electron chi connectivity index (χ0n) is 13.2. The molecule has 2 heterocycles. The molecule has 0 bridgehead atoms. The first-order chi connectivity index (χ1) is 11.2. The van der Waals surface area contributed by atoms with Crippen molar-refractivity contribution in [2.75, 3.05) is 51.3 Å². The van der Waals surface area contributed by atoms with Gasteiger partial charge in [-0.25, -0.2) is 0 Å². The topological polar surface area (TPSA) is 61.9 Å². The van der Waals surface area contributed by atoms with Gasteiger partial charge < -0.3 is 15.0 Å². The van der Waals surface area contributed by atoms with E-state index in [-0.39, 0.29) is 17.7 Å². The number of ether oxygens (including phenoxy) is 1. The number of hydrogen-bond acceptors (Lipinski definition) is 4. The van der Waals surface area contributed by atoms with E-state index in [0.717, 1.165) is 38.5 Å². The molecule has 0 aromatic heterocycles. The van der Waals surface area contributed by atoms with Crippen LogP contribution in [-0.4, -0.2) is 67.6 Å². The van der Waals surface area contributed by atoms with Gasteiger partial charge in [-0.3, -0.25) is 14.5 Å². The molecule has 2 saturated heterocycles. The van der Waals surface area contributed by atoms with Crippen LogP contribution in [0.25, 0.3) is 0 Å². The van der Waals surface area contributed by atoms with Crippen LogP contribution in [0.1, 0.15) is 6.42 Å². The number of carbonyl (C=O) groups is 2. The number of rotatable bonds is 5. The molecule has 0 aliphatic carbocycles. The maximum Gasteiger partial charge on any atom is 0.229 e. The molecule has 1 unspecified atom stereocenters. The van der Waals surface area contributed by atoms with E-state index in [4.69, 9.17) is 4.74 Å². The molecule has 23 heavy (non-hydrogen) atoms. The first-order valence-corrected chi connectivity index (χ1v) is 8.16. The van der Waals surface area contributed by atoms with Crippen molar-refractivity contribution in [2.24, 2.45) is 5.92 Å². The quantitative estimate of drug-likeness (QED) is 0.873. The van der Waals surface area contributed by atoms with Crippen molar-refractivity contribution in [3.05, 3.63) is 30.3 Å². The van der Waals surface area contributed by atoms with Crippen LogP contribution < -0.4 is 5.32 Å². The predicted octanol–water partition coefficient (Wildman–Crippen LogP) is 0.806. The molecule has 2 fully saturated rings. The van der Waals surface area contributed by atoms with E-state index in [1.165, 1.54) is 0 Å². The Morgan fingerprint density at radius 1 is 1.17 bits per heavy atom. The van der Waals surface area contributed by atoms with Crippen LogP contribution in [0.5, 0.6) is 0 Å². The molecule has 1 aromatic rings. The lowest BCUT2D eigenvalue weighted by Crippen LogP contribution is -2.42. The zero-order valence-corrected chi connectivity index (χ0v) is 13.2. The minimum Gasteiger partial charge on any atom is -0.379 e. The number of nitrogens with zero attached hydrogens (tertiary/aromatic N) is 2. The Morgan fingerprint density at radius 2 is 1.91 bits per heavy atom. The van der Waals surface area contributed by atoms with E-state index < -0.39 is 0 Å². The monoisotopic (exact) mass is 317 g/mol. The molecule has 2 amide bonds. The van der Waals surface area contributed by atoms with Crippen LogP contribution in [0.4, 0.5) is 5.69 Å². The number of benzene rings is 1. The fourth-order valence-electron chi connectivity index (χ4n) is 3.02. The summed E-state index contributed by atoms with van der Waals surface area (Å²) in [5, 5.41) is 2.89. The van der Waals surface area contributed by atoms with E-state index >= 15 is 0 Å². The SMILES string of the molecule is O=C(Nc1ccccc1)C1CC(=O)N(CCN2CCOCC2)C1. The average Bonchev–Trinajstić information content (AvgIpc) is 2.96. The molecule has 2 aliphatic rings. The van der Waals surface area contributed by atoms with Crippen molar-refractivity contribution in [3.63, 3.8) is 0 Å². The maximum absolute atomic E-state index is 12.3. The van der Waals surface area contributed by atoms with Crippen LogP contribution in [0.15, 0.2) is 30.3 Å². The molecule has 6 heteroatoms. The highest BCUT2D eigenvalue weighted by atomic mass is 16.5. The minimum atomic E-state index is -0.257. The first-order valence-electron chi connectivity index (χ1n) is 8.16. The second-order valence-electron chi connectivity index (χ2n) is 6.05. The van der Waals surface area contributed by atoms with E-state index in [0.29, 0.717) is 19.5 Å². The number of likely N-dealkylation sites (tertiary alicyclic amines) is 1. The summed E-state index contributed by atoms with van der Waals surface area (Å²) in [5.74, 6) is -0.253. The molecule has 0 saturated carbocycles. The van der Waals surface area contributed by atoms with Crippen molar-refractivity contribution in [1.82, 2.24) is 9.80 Å². The largest absolute Gasteiger partial charge is 0.379 e. The summed E-state index contributed by atoms with van der Waals surface area (Å²) in [6, 6.07) is 9.37. The molecule has 124 valence electrons. The lowest BCUT2D eigenvalue weighted by Gasteiger charge is -2.28. The van der Waals surface area contributed by atoms with Gasteiger partial charge in [-0.05, 0) is 12.1 Å². The summed E-state index contributed by atoms with van der Waals surface area (Å²) in [7, 11) is 0. The van der Waals surface area contributed by atoms with Crippen molar-refractivity contribution in [2.45, 2.75) is 6.42 Å². The van der Waals surface area contributed by atoms with Gasteiger partial charge in [0.05, 0.1) is 19.1 Å². The summed E-state index contributed by atoms with van der Waals surface area (Å²) < 4.78 is 5.32. The third kappa shape index (κ3) is 4.30. The molecule has 0 radical (unpaired) electrons. The van der Waals surface area contributed by atoms with E-state index in [2.05, 4.69) is 10.2 Å². The smallest absolute Gasteiger partial charge is 0.229 e. The molecule has 1 aromatic carbocycles. The highest BCUT2D eigenvalue weighted by Gasteiger charge is 2.34. The van der Waals surface area contributed by atoms with Gasteiger partial charge in [-0.15, -0.1) is 0 Å². The van der Waals surface area contributed by atoms with Gasteiger partial charge in [-0.2, -0.15) is 0 Å². The van der Waals surface area contributed by atoms with Gasteiger partial charge in [0, 0.05) is 44.8 Å². The van der Waals surface area contributed by atoms with Crippen LogP contribution in [0.3, 0.4) is 0 Å². The van der Waals surface area contributed by atoms with Crippen LogP contribution in [-0.2, 0) is 14.3 Å². The highest BCUT2D eigenvalue weighted by Crippen LogP contribution is 2.20. The Kier molecular flexibility index (Phi) is 5.25. The van der Waals surface area contributed by atoms with E-state index in [9.17, 15) is 9.59 Å². The first kappa shape index (κ1) is 16.0. The molecule has 2 aliphatic heterocycles. The number of carbonyl (C=O) groups excluding carboxylic acids is 2. The summed E-state index contributed by atoms with van der Waals surface area (Å²) >= 11 is 0. The Labute approximate surface area is 136 Å². The summed E-state index contributed by atoms with van der Waals surface area (Å²) in [5.41, 5.74) is 0.775. The number of hydrogen-bond donors (Lipinski definition) is 1. The molecule has 1 atom stereocenters. The Bertz CT molecular complexity index is 543. The number of morpholine rings is 1.